The molecule has 5 heterocycles. The van der Waals surface area contributed by atoms with E-state index < -0.39 is 5.60 Å². The number of fused-ring (bicyclic) bond motifs is 1. The van der Waals surface area contributed by atoms with Crippen LogP contribution in [-0.2, 0) is 9.47 Å². The monoisotopic (exact) mass is 464 g/mol. The van der Waals surface area contributed by atoms with Crippen LogP contribution in [0.15, 0.2) is 36.8 Å². The lowest BCUT2D eigenvalue weighted by Gasteiger charge is -2.56. The normalized spacial score (nSPS) is 20.6. The second-order valence-electron chi connectivity index (χ2n) is 9.63. The Morgan fingerprint density at radius 1 is 1.18 bits per heavy atom. The summed E-state index contributed by atoms with van der Waals surface area (Å²) in [6.45, 7) is 4.88. The average molecular weight is 465 g/mol. The largest absolute Gasteiger partial charge is 0.481 e. The summed E-state index contributed by atoms with van der Waals surface area (Å²) in [6, 6.07) is 5.82. The van der Waals surface area contributed by atoms with Crippen molar-refractivity contribution in [3.63, 3.8) is 0 Å². The van der Waals surface area contributed by atoms with Crippen molar-refractivity contribution in [2.75, 3.05) is 44.9 Å². The van der Waals surface area contributed by atoms with Crippen molar-refractivity contribution in [3.8, 4) is 17.0 Å². The molecule has 3 fully saturated rings. The first-order chi connectivity index (χ1) is 16.5. The van der Waals surface area contributed by atoms with Crippen LogP contribution in [0.1, 0.15) is 26.2 Å². The van der Waals surface area contributed by atoms with Crippen molar-refractivity contribution in [2.45, 2.75) is 37.3 Å². The van der Waals surface area contributed by atoms with Gasteiger partial charge in [0.1, 0.15) is 5.82 Å². The van der Waals surface area contributed by atoms with Gasteiger partial charge < -0.3 is 19.1 Å². The second-order valence-corrected chi connectivity index (χ2v) is 9.63. The molecule has 0 atom stereocenters. The molecule has 1 aliphatic carbocycles. The van der Waals surface area contributed by atoms with Gasteiger partial charge in [0.2, 0.25) is 5.88 Å². The molecular formula is C24H28N6O4. The highest BCUT2D eigenvalue weighted by molar-refractivity contribution is 5.80. The van der Waals surface area contributed by atoms with E-state index in [0.29, 0.717) is 32.2 Å². The van der Waals surface area contributed by atoms with Gasteiger partial charge in [-0.25, -0.2) is 19.3 Å². The van der Waals surface area contributed by atoms with E-state index in [2.05, 4.69) is 15.0 Å². The van der Waals surface area contributed by atoms with Gasteiger partial charge in [0.05, 0.1) is 37.6 Å². The minimum absolute atomic E-state index is 0.209. The van der Waals surface area contributed by atoms with Crippen LogP contribution in [0, 0.1) is 0 Å². The number of hydrogen-bond donors (Lipinski definition) is 0. The summed E-state index contributed by atoms with van der Waals surface area (Å²) in [7, 11) is 1.61. The van der Waals surface area contributed by atoms with Crippen LogP contribution in [0.3, 0.4) is 0 Å². The van der Waals surface area contributed by atoms with E-state index in [-0.39, 0.29) is 11.6 Å². The third kappa shape index (κ3) is 3.35. The molecule has 3 aromatic rings. The maximum absolute atomic E-state index is 13.0. The molecule has 3 aliphatic rings. The zero-order valence-electron chi connectivity index (χ0n) is 19.4. The lowest BCUT2D eigenvalue weighted by atomic mass is 9.74. The maximum atomic E-state index is 13.0. The molecular weight excluding hydrogens is 436 g/mol. The van der Waals surface area contributed by atoms with Crippen LogP contribution in [-0.4, -0.2) is 81.7 Å². The molecule has 0 bridgehead atoms. The Morgan fingerprint density at radius 2 is 2.03 bits per heavy atom. The lowest BCUT2D eigenvalue weighted by molar-refractivity contribution is -0.177. The van der Waals surface area contributed by atoms with Crippen LogP contribution in [0.25, 0.3) is 16.8 Å². The van der Waals surface area contributed by atoms with Crippen LogP contribution in [0.2, 0.25) is 0 Å². The van der Waals surface area contributed by atoms with E-state index in [1.165, 1.54) is 0 Å². The van der Waals surface area contributed by atoms with E-state index in [0.717, 1.165) is 48.4 Å². The maximum Gasteiger partial charge on any atom is 0.411 e. The number of amides is 1. The van der Waals surface area contributed by atoms with Crippen LogP contribution >= 0.6 is 0 Å². The molecule has 0 aromatic carbocycles. The fourth-order valence-corrected chi connectivity index (χ4v) is 5.17. The van der Waals surface area contributed by atoms with Crippen molar-refractivity contribution < 1.29 is 19.0 Å². The number of rotatable bonds is 4. The molecule has 0 N–H and O–H groups in total. The van der Waals surface area contributed by atoms with E-state index in [9.17, 15) is 4.79 Å². The molecule has 10 nitrogen and oxygen atoms in total. The van der Waals surface area contributed by atoms with Crippen molar-refractivity contribution >= 4 is 17.6 Å². The molecule has 10 heteroatoms. The van der Waals surface area contributed by atoms with Gasteiger partial charge in [0.25, 0.3) is 0 Å². The van der Waals surface area contributed by atoms with Gasteiger partial charge in [-0.2, -0.15) is 5.10 Å². The number of carbonyl (C=O) groups is 1. The van der Waals surface area contributed by atoms with Crippen molar-refractivity contribution in [3.05, 3.63) is 36.8 Å². The minimum atomic E-state index is -0.502. The Morgan fingerprint density at radius 3 is 2.74 bits per heavy atom. The molecule has 1 spiro atoms. The van der Waals surface area contributed by atoms with Gasteiger partial charge >= 0.3 is 6.09 Å². The summed E-state index contributed by atoms with van der Waals surface area (Å²) in [5, 5.41) is 4.47. The Hall–Kier alpha value is -3.40. The zero-order chi connectivity index (χ0) is 23.3. The van der Waals surface area contributed by atoms with E-state index in [4.69, 9.17) is 19.2 Å². The number of hydrogen-bond acceptors (Lipinski definition) is 8. The number of anilines is 1. The lowest BCUT2D eigenvalue weighted by Crippen LogP contribution is -2.68. The summed E-state index contributed by atoms with van der Waals surface area (Å²) in [5.74, 6) is 1.41. The molecule has 0 unspecified atom stereocenters. The number of ether oxygens (including phenoxy) is 3. The van der Waals surface area contributed by atoms with Gasteiger partial charge in [-0.15, -0.1) is 0 Å². The summed E-state index contributed by atoms with van der Waals surface area (Å²) < 4.78 is 18.3. The van der Waals surface area contributed by atoms with E-state index in [1.807, 2.05) is 36.2 Å². The van der Waals surface area contributed by atoms with Gasteiger partial charge in [-0.1, -0.05) is 0 Å². The molecule has 3 aromatic heterocycles. The van der Waals surface area contributed by atoms with Crippen LogP contribution in [0.4, 0.5) is 10.6 Å². The van der Waals surface area contributed by atoms with E-state index in [1.54, 1.807) is 24.0 Å². The summed E-state index contributed by atoms with van der Waals surface area (Å²) in [5.41, 5.74) is 1.74. The fraction of sp³-hybridized carbons (Fsp3) is 0.500. The standard InChI is InChI=1S/C24H28N6O4/c1-23(15-33-16-23)34-22(31)29-12-11-28(14-24(29)7-4-8-24)19-6-10-30-20(27-19)18(13-26-30)17-5-3-9-25-21(17)32-2/h3,5-6,9-10,13H,4,7-8,11-12,14-16H2,1-2H3. The third-order valence-corrected chi connectivity index (χ3v) is 7.24. The number of aromatic nitrogens is 4. The summed E-state index contributed by atoms with van der Waals surface area (Å²) in [4.78, 5) is 26.6. The number of nitrogens with zero attached hydrogens (tertiary/aromatic N) is 6. The highest BCUT2D eigenvalue weighted by atomic mass is 16.6. The number of methoxy groups -OCH3 is 1. The first-order valence-corrected chi connectivity index (χ1v) is 11.7. The average Bonchev–Trinajstić information content (AvgIpc) is 3.24. The second kappa shape index (κ2) is 7.83. The first kappa shape index (κ1) is 21.2. The van der Waals surface area contributed by atoms with Crippen molar-refractivity contribution in [2.24, 2.45) is 0 Å². The summed E-state index contributed by atoms with van der Waals surface area (Å²) >= 11 is 0. The number of pyridine rings is 1. The van der Waals surface area contributed by atoms with Crippen LogP contribution in [0.5, 0.6) is 5.88 Å². The molecule has 34 heavy (non-hydrogen) atoms. The smallest absolute Gasteiger partial charge is 0.411 e. The number of piperazine rings is 1. The molecule has 1 saturated carbocycles. The predicted molar refractivity (Wildman–Crippen MR) is 124 cm³/mol. The quantitative estimate of drug-likeness (QED) is 0.582. The molecule has 6 rings (SSSR count). The number of carbonyl (C=O) groups excluding carboxylic acids is 1. The van der Waals surface area contributed by atoms with Gasteiger partial charge in [-0.05, 0) is 44.4 Å². The Balaban J connectivity index is 1.27. The summed E-state index contributed by atoms with van der Waals surface area (Å²) in [6.07, 6.45) is 8.24. The Bertz CT molecular complexity index is 1240. The predicted octanol–water partition coefficient (Wildman–Crippen LogP) is 2.77. The minimum Gasteiger partial charge on any atom is -0.481 e. The third-order valence-electron chi connectivity index (χ3n) is 7.24. The SMILES string of the molecule is COc1ncccc1-c1cnn2ccc(N3CCN(C(=O)OC4(C)COC4)C4(CCC4)C3)nc12. The highest BCUT2D eigenvalue weighted by Crippen LogP contribution is 2.42. The van der Waals surface area contributed by atoms with E-state index >= 15 is 0 Å². The topological polar surface area (TPSA) is 94.3 Å². The molecule has 2 saturated heterocycles. The van der Waals surface area contributed by atoms with Crippen LogP contribution < -0.4 is 9.64 Å². The van der Waals surface area contributed by atoms with Crippen molar-refractivity contribution in [1.29, 1.82) is 0 Å². The Kier molecular flexibility index (Phi) is 4.87. The first-order valence-electron chi connectivity index (χ1n) is 11.7. The fourth-order valence-electron chi connectivity index (χ4n) is 5.17. The molecule has 0 radical (unpaired) electrons. The van der Waals surface area contributed by atoms with Gasteiger partial charge in [0.15, 0.2) is 11.2 Å². The van der Waals surface area contributed by atoms with Crippen molar-refractivity contribution in [1.82, 2.24) is 24.5 Å². The zero-order valence-corrected chi connectivity index (χ0v) is 19.4. The Labute approximate surface area is 197 Å². The van der Waals surface area contributed by atoms with Gasteiger partial charge in [-0.3, -0.25) is 4.90 Å². The molecule has 2 aliphatic heterocycles. The highest BCUT2D eigenvalue weighted by Gasteiger charge is 2.51. The molecule has 178 valence electrons. The van der Waals surface area contributed by atoms with Gasteiger partial charge in [0, 0.05) is 37.6 Å². The molecule has 1 amide bonds.